The summed E-state index contributed by atoms with van der Waals surface area (Å²) in [4.78, 5) is 10.5. The lowest BCUT2D eigenvalue weighted by atomic mass is 10.2. The molecule has 3 atom stereocenters. The third-order valence-electron chi connectivity index (χ3n) is 1.37. The molecule has 1 saturated heterocycles. The Morgan fingerprint density at radius 2 is 2.10 bits per heavy atom. The number of ether oxygens (including phenoxy) is 1. The van der Waals surface area contributed by atoms with E-state index in [1.165, 1.54) is 0 Å². The van der Waals surface area contributed by atoms with Crippen molar-refractivity contribution < 1.29 is 24.9 Å². The number of aliphatic hydroxyl groups is 3. The van der Waals surface area contributed by atoms with E-state index in [1.807, 2.05) is 0 Å². The molecule has 0 aromatic rings. The topological polar surface area (TPSA) is 87.0 Å². The summed E-state index contributed by atoms with van der Waals surface area (Å²) in [5.74, 6) is -0.793. The van der Waals surface area contributed by atoms with Gasteiger partial charge in [-0.05, 0) is 0 Å². The van der Waals surface area contributed by atoms with Crippen LogP contribution in [0.15, 0.2) is 0 Å². The third kappa shape index (κ3) is 1.04. The molecule has 1 fully saturated rings. The SMILES string of the molecule is O=C1C(O)O[C@H](CO)[C@@H]1O. The monoisotopic (exact) mass is 148 g/mol. The average molecular weight is 148 g/mol. The maximum atomic E-state index is 10.5. The molecule has 0 aromatic heterocycles. The molecule has 0 aromatic carbocycles. The van der Waals surface area contributed by atoms with Crippen LogP contribution in [0.4, 0.5) is 0 Å². The van der Waals surface area contributed by atoms with Crippen molar-refractivity contribution in [3.8, 4) is 0 Å². The van der Waals surface area contributed by atoms with Crippen LogP contribution in [-0.2, 0) is 9.53 Å². The average Bonchev–Trinajstić information content (AvgIpc) is 2.17. The minimum Gasteiger partial charge on any atom is -0.394 e. The molecule has 1 unspecified atom stereocenters. The molecular weight excluding hydrogens is 140 g/mol. The van der Waals surface area contributed by atoms with Crippen LogP contribution in [-0.4, -0.2) is 46.2 Å². The quantitative estimate of drug-likeness (QED) is 0.386. The standard InChI is InChI=1S/C5H8O5/c6-1-2-3(7)4(8)5(9)10-2/h2-3,5-7,9H,1H2/t2-,3+,5?/m1/s1. The molecule has 1 rings (SSSR count). The molecule has 1 aliphatic rings. The van der Waals surface area contributed by atoms with Gasteiger partial charge in [0.1, 0.15) is 12.2 Å². The van der Waals surface area contributed by atoms with Gasteiger partial charge in [-0.15, -0.1) is 0 Å². The molecule has 0 amide bonds. The Kier molecular flexibility index (Phi) is 2.00. The smallest absolute Gasteiger partial charge is 0.219 e. The second-order valence-electron chi connectivity index (χ2n) is 2.06. The highest BCUT2D eigenvalue weighted by molar-refractivity contribution is 5.88. The summed E-state index contributed by atoms with van der Waals surface area (Å²) < 4.78 is 4.44. The van der Waals surface area contributed by atoms with Crippen molar-refractivity contribution in [2.75, 3.05) is 6.61 Å². The van der Waals surface area contributed by atoms with Gasteiger partial charge in [-0.1, -0.05) is 0 Å². The second-order valence-corrected chi connectivity index (χ2v) is 2.06. The van der Waals surface area contributed by atoms with Crippen molar-refractivity contribution in [2.45, 2.75) is 18.5 Å². The van der Waals surface area contributed by atoms with Crippen molar-refractivity contribution in [1.82, 2.24) is 0 Å². The molecule has 0 spiro atoms. The van der Waals surface area contributed by atoms with Crippen molar-refractivity contribution in [1.29, 1.82) is 0 Å². The molecular formula is C5H8O5. The first kappa shape index (κ1) is 7.62. The van der Waals surface area contributed by atoms with Crippen molar-refractivity contribution in [2.24, 2.45) is 0 Å². The lowest BCUT2D eigenvalue weighted by Gasteiger charge is -2.06. The largest absolute Gasteiger partial charge is 0.394 e. The zero-order valence-electron chi connectivity index (χ0n) is 5.10. The van der Waals surface area contributed by atoms with Gasteiger partial charge in [-0.2, -0.15) is 0 Å². The Hall–Kier alpha value is -0.490. The summed E-state index contributed by atoms with van der Waals surface area (Å²) in [7, 11) is 0. The summed E-state index contributed by atoms with van der Waals surface area (Å²) >= 11 is 0. The van der Waals surface area contributed by atoms with Crippen LogP contribution in [0.5, 0.6) is 0 Å². The van der Waals surface area contributed by atoms with Crippen LogP contribution < -0.4 is 0 Å². The zero-order valence-corrected chi connectivity index (χ0v) is 5.10. The Balaban J connectivity index is 2.61. The maximum absolute atomic E-state index is 10.5. The molecule has 10 heavy (non-hydrogen) atoms. The van der Waals surface area contributed by atoms with E-state index in [1.54, 1.807) is 0 Å². The minimum atomic E-state index is -1.58. The Morgan fingerprint density at radius 3 is 2.30 bits per heavy atom. The van der Waals surface area contributed by atoms with Crippen LogP contribution in [0.2, 0.25) is 0 Å². The fourth-order valence-electron chi connectivity index (χ4n) is 0.779. The number of ketones is 1. The van der Waals surface area contributed by atoms with E-state index in [9.17, 15) is 4.79 Å². The molecule has 3 N–H and O–H groups in total. The molecule has 58 valence electrons. The molecule has 0 saturated carbocycles. The van der Waals surface area contributed by atoms with Gasteiger partial charge in [0.15, 0.2) is 0 Å². The molecule has 1 heterocycles. The van der Waals surface area contributed by atoms with E-state index in [4.69, 9.17) is 15.3 Å². The number of Topliss-reactive ketones (excluding diaryl/α,β-unsaturated/α-hetero) is 1. The van der Waals surface area contributed by atoms with Gasteiger partial charge in [0.05, 0.1) is 6.61 Å². The Morgan fingerprint density at radius 1 is 1.50 bits per heavy atom. The first-order valence-electron chi connectivity index (χ1n) is 2.83. The van der Waals surface area contributed by atoms with Crippen LogP contribution in [0, 0.1) is 0 Å². The fraction of sp³-hybridized carbons (Fsp3) is 0.800. The molecule has 0 radical (unpaired) electrons. The van der Waals surface area contributed by atoms with Crippen molar-refractivity contribution in [3.63, 3.8) is 0 Å². The highest BCUT2D eigenvalue weighted by Crippen LogP contribution is 2.14. The van der Waals surface area contributed by atoms with E-state index >= 15 is 0 Å². The lowest BCUT2D eigenvalue weighted by Crippen LogP contribution is -2.29. The number of hydrogen-bond acceptors (Lipinski definition) is 5. The molecule has 0 bridgehead atoms. The normalized spacial score (nSPS) is 40.7. The van der Waals surface area contributed by atoms with Crippen molar-refractivity contribution >= 4 is 5.78 Å². The van der Waals surface area contributed by atoms with Crippen LogP contribution in [0.3, 0.4) is 0 Å². The number of carbonyl (C=O) groups is 1. The van der Waals surface area contributed by atoms with Gasteiger partial charge < -0.3 is 20.1 Å². The molecule has 1 aliphatic heterocycles. The summed E-state index contributed by atoms with van der Waals surface area (Å²) in [6.07, 6.45) is -3.94. The first-order valence-corrected chi connectivity index (χ1v) is 2.83. The van der Waals surface area contributed by atoms with Gasteiger partial charge in [0.2, 0.25) is 12.1 Å². The predicted octanol–water partition coefficient (Wildman–Crippen LogP) is -2.37. The zero-order chi connectivity index (χ0) is 7.72. The molecule has 0 aliphatic carbocycles. The number of rotatable bonds is 1. The summed E-state index contributed by atoms with van der Waals surface area (Å²) in [5.41, 5.74) is 0. The highest BCUT2D eigenvalue weighted by atomic mass is 16.6. The number of carbonyl (C=O) groups excluding carboxylic acids is 1. The van der Waals surface area contributed by atoms with Gasteiger partial charge in [0.25, 0.3) is 0 Å². The lowest BCUT2D eigenvalue weighted by molar-refractivity contribution is -0.145. The van der Waals surface area contributed by atoms with E-state index in [0.29, 0.717) is 0 Å². The van der Waals surface area contributed by atoms with E-state index in [0.717, 1.165) is 0 Å². The van der Waals surface area contributed by atoms with Crippen LogP contribution in [0.1, 0.15) is 0 Å². The second kappa shape index (κ2) is 2.63. The van der Waals surface area contributed by atoms with Crippen LogP contribution >= 0.6 is 0 Å². The number of aliphatic hydroxyl groups excluding tert-OH is 3. The molecule has 5 heteroatoms. The predicted molar refractivity (Wildman–Crippen MR) is 29.0 cm³/mol. The van der Waals surface area contributed by atoms with E-state index in [2.05, 4.69) is 4.74 Å². The first-order chi connectivity index (χ1) is 4.66. The Bertz CT molecular complexity index is 145. The van der Waals surface area contributed by atoms with Crippen LogP contribution in [0.25, 0.3) is 0 Å². The number of hydrogen-bond donors (Lipinski definition) is 3. The van der Waals surface area contributed by atoms with Crippen molar-refractivity contribution in [3.05, 3.63) is 0 Å². The summed E-state index contributed by atoms with van der Waals surface area (Å²) in [6.45, 7) is -0.468. The van der Waals surface area contributed by atoms with Gasteiger partial charge in [-0.25, -0.2) is 0 Å². The fourth-order valence-corrected chi connectivity index (χ4v) is 0.779. The minimum absolute atomic E-state index is 0.468. The third-order valence-corrected chi connectivity index (χ3v) is 1.37. The van der Waals surface area contributed by atoms with Gasteiger partial charge >= 0.3 is 0 Å². The van der Waals surface area contributed by atoms with Gasteiger partial charge in [-0.3, -0.25) is 4.79 Å². The summed E-state index contributed by atoms with van der Waals surface area (Å²) in [6, 6.07) is 0. The van der Waals surface area contributed by atoms with E-state index in [-0.39, 0.29) is 0 Å². The highest BCUT2D eigenvalue weighted by Gasteiger charge is 2.40. The van der Waals surface area contributed by atoms with Gasteiger partial charge in [0, 0.05) is 0 Å². The molecule has 5 nitrogen and oxygen atoms in total. The summed E-state index contributed by atoms with van der Waals surface area (Å²) in [5, 5.41) is 25.9. The Labute approximate surface area is 56.9 Å². The van der Waals surface area contributed by atoms with E-state index < -0.39 is 30.9 Å². The maximum Gasteiger partial charge on any atom is 0.219 e.